The molecule has 180 valence electrons. The van der Waals surface area contributed by atoms with E-state index >= 15 is 8.78 Å². The Bertz CT molecular complexity index is 1220. The second-order valence-electron chi connectivity index (χ2n) is 6.45. The Morgan fingerprint density at radius 2 is 1.75 bits per heavy atom. The van der Waals surface area contributed by atoms with Crippen LogP contribution >= 0.6 is 23.5 Å². The Kier molecular flexibility index (Phi) is 5.76. The molecule has 0 radical (unpaired) electrons. The fraction of sp³-hybridized carbons (Fsp3) is 0.455. The fourth-order valence-electron chi connectivity index (χ4n) is 3.20. The van der Waals surface area contributed by atoms with Gasteiger partial charge in [0.25, 0.3) is 5.56 Å². The number of aromatic amines is 1. The molecule has 6 N–H and O–H groups in total. The normalized spacial score (nSPS) is 34.8. The van der Waals surface area contributed by atoms with Crippen molar-refractivity contribution in [2.24, 2.45) is 0 Å². The summed E-state index contributed by atoms with van der Waals surface area (Å²) < 4.78 is 80.4. The van der Waals surface area contributed by atoms with E-state index in [9.17, 15) is 33.3 Å². The van der Waals surface area contributed by atoms with E-state index in [0.29, 0.717) is 18.3 Å². The van der Waals surface area contributed by atoms with E-state index in [2.05, 4.69) is 19.7 Å². The molecule has 1 saturated heterocycles. The number of fused-ring (bicyclic) bond motifs is 1. The van der Waals surface area contributed by atoms with Crippen molar-refractivity contribution >= 4 is 23.5 Å². The molecular formula is C11H13F2N2O14P3. The van der Waals surface area contributed by atoms with Crippen LogP contribution in [-0.2, 0) is 31.6 Å². The fourth-order valence-corrected chi connectivity index (χ4v) is 6.43. The molecule has 1 aliphatic heterocycles. The summed E-state index contributed by atoms with van der Waals surface area (Å²) in [6.45, 7) is 3.15. The number of nitrogens with one attached hydrogen (secondary N) is 1. The SMILES string of the molecule is C=C[C@]12O[C@@H](n3ccc(=O)[nH]c3=O)C(F)(F)[C@]1(O)C2OP(=O)(O)OP(=O)(O)OP(=O)(O)O. The Hall–Kier alpha value is -1.39. The van der Waals surface area contributed by atoms with Crippen LogP contribution in [0.25, 0.3) is 0 Å². The van der Waals surface area contributed by atoms with E-state index < -0.39 is 64.2 Å². The van der Waals surface area contributed by atoms with Crippen molar-refractivity contribution in [3.8, 4) is 0 Å². The van der Waals surface area contributed by atoms with Gasteiger partial charge in [0.15, 0.2) is 11.2 Å². The van der Waals surface area contributed by atoms with E-state index in [0.717, 1.165) is 0 Å². The second-order valence-corrected chi connectivity index (χ2v) is 10.8. The summed E-state index contributed by atoms with van der Waals surface area (Å²) in [5, 5.41) is 10.5. The van der Waals surface area contributed by atoms with Crippen LogP contribution in [0.5, 0.6) is 0 Å². The Morgan fingerprint density at radius 1 is 1.16 bits per heavy atom. The highest BCUT2D eigenvalue weighted by Gasteiger charge is 2.96. The van der Waals surface area contributed by atoms with Crippen LogP contribution in [0.3, 0.4) is 0 Å². The van der Waals surface area contributed by atoms with Crippen molar-refractivity contribution in [1.82, 2.24) is 9.55 Å². The van der Waals surface area contributed by atoms with Crippen molar-refractivity contribution < 1.29 is 65.0 Å². The minimum Gasteiger partial charge on any atom is -0.378 e. The van der Waals surface area contributed by atoms with Crippen LogP contribution in [0, 0.1) is 0 Å². The van der Waals surface area contributed by atoms with Gasteiger partial charge in [0.1, 0.15) is 6.10 Å². The highest BCUT2D eigenvalue weighted by atomic mass is 31.3. The summed E-state index contributed by atoms with van der Waals surface area (Å²) in [5.74, 6) is -4.46. The lowest BCUT2D eigenvalue weighted by molar-refractivity contribution is -0.198. The van der Waals surface area contributed by atoms with Crippen LogP contribution in [0.4, 0.5) is 8.78 Å². The topological polar surface area (TPSA) is 244 Å². The van der Waals surface area contributed by atoms with E-state index in [1.165, 1.54) is 0 Å². The molecule has 0 amide bonds. The predicted molar refractivity (Wildman–Crippen MR) is 93.0 cm³/mol. The lowest BCUT2D eigenvalue weighted by Gasteiger charge is -2.27. The number of aromatic nitrogens is 2. The summed E-state index contributed by atoms with van der Waals surface area (Å²) in [4.78, 5) is 60.3. The van der Waals surface area contributed by atoms with Gasteiger partial charge in [-0.1, -0.05) is 6.08 Å². The minimum absolute atomic E-state index is 0.207. The van der Waals surface area contributed by atoms with Gasteiger partial charge in [-0.25, -0.2) is 18.5 Å². The first-order chi connectivity index (χ1) is 14.3. The van der Waals surface area contributed by atoms with Crippen molar-refractivity contribution in [2.45, 2.75) is 29.5 Å². The van der Waals surface area contributed by atoms with Gasteiger partial charge < -0.3 is 29.4 Å². The van der Waals surface area contributed by atoms with Crippen molar-refractivity contribution in [3.05, 3.63) is 45.8 Å². The molecule has 2 heterocycles. The zero-order valence-electron chi connectivity index (χ0n) is 15.0. The first-order valence-corrected chi connectivity index (χ1v) is 12.4. The molecule has 6 atom stereocenters. The molecule has 1 saturated carbocycles. The molecule has 0 bridgehead atoms. The monoisotopic (exact) mass is 528 g/mol. The Labute approximate surface area is 174 Å². The molecule has 32 heavy (non-hydrogen) atoms. The molecule has 1 aromatic heterocycles. The van der Waals surface area contributed by atoms with Crippen LogP contribution in [0.1, 0.15) is 6.23 Å². The molecule has 0 aromatic carbocycles. The number of hydrogen-bond donors (Lipinski definition) is 6. The number of hydrogen-bond acceptors (Lipinski definition) is 10. The molecule has 0 spiro atoms. The lowest BCUT2D eigenvalue weighted by atomic mass is 10.1. The van der Waals surface area contributed by atoms with Crippen LogP contribution in [-0.4, -0.2) is 57.5 Å². The molecule has 3 unspecified atom stereocenters. The van der Waals surface area contributed by atoms with E-state index in [1.807, 2.05) is 0 Å². The number of nitrogens with zero attached hydrogens (tertiary/aromatic N) is 1. The predicted octanol–water partition coefficient (Wildman–Crippen LogP) is -0.918. The van der Waals surface area contributed by atoms with Gasteiger partial charge in [-0.2, -0.15) is 17.4 Å². The van der Waals surface area contributed by atoms with E-state index in [4.69, 9.17) is 19.4 Å². The minimum atomic E-state index is -5.97. The standard InChI is InChI=1S/C11H13F2N2O14P3/c1-2-9-6(27-31(22,23)29-32(24,25)28-30(19,20)21)10(9,18)11(12,13)7(26-9)15-4-3-5(16)14-8(15)17/h2-4,6-7,18H,1H2,(H,22,23)(H,24,25)(H,14,16,17)(H2,19,20,21)/t6?,7-,9-,10+/m1/s1. The summed E-state index contributed by atoms with van der Waals surface area (Å²) >= 11 is 0. The third-order valence-corrected chi connectivity index (χ3v) is 8.27. The molecule has 21 heteroatoms. The molecule has 1 aliphatic carbocycles. The summed E-state index contributed by atoms with van der Waals surface area (Å²) in [6.07, 6.45) is -3.88. The maximum atomic E-state index is 15.0. The van der Waals surface area contributed by atoms with Crippen LogP contribution in [0.2, 0.25) is 0 Å². The molecule has 2 fully saturated rings. The summed E-state index contributed by atoms with van der Waals surface area (Å²) in [6, 6.07) is 0.693. The zero-order chi connectivity index (χ0) is 24.5. The van der Waals surface area contributed by atoms with Crippen molar-refractivity contribution in [3.63, 3.8) is 0 Å². The second kappa shape index (κ2) is 7.30. The highest BCUT2D eigenvalue weighted by Crippen LogP contribution is 2.75. The number of ether oxygens (including phenoxy) is 1. The molecule has 3 rings (SSSR count). The van der Waals surface area contributed by atoms with Crippen molar-refractivity contribution in [2.75, 3.05) is 0 Å². The van der Waals surface area contributed by atoms with Gasteiger partial charge in [-0.15, -0.1) is 6.58 Å². The smallest absolute Gasteiger partial charge is 0.378 e. The Morgan fingerprint density at radius 3 is 2.22 bits per heavy atom. The zero-order valence-corrected chi connectivity index (χ0v) is 17.7. The van der Waals surface area contributed by atoms with Crippen LogP contribution < -0.4 is 11.2 Å². The van der Waals surface area contributed by atoms with Gasteiger partial charge in [0.05, 0.1) is 0 Å². The number of aliphatic hydroxyl groups is 1. The first kappa shape index (κ1) is 25.2. The number of H-pyrrole nitrogens is 1. The lowest BCUT2D eigenvalue weighted by Crippen LogP contribution is -2.47. The van der Waals surface area contributed by atoms with Crippen molar-refractivity contribution in [1.29, 1.82) is 0 Å². The van der Waals surface area contributed by atoms with Gasteiger partial charge in [0, 0.05) is 12.3 Å². The number of alkyl halides is 2. The molecular weight excluding hydrogens is 515 g/mol. The third-order valence-electron chi connectivity index (χ3n) is 4.47. The number of phosphoric acid groups is 3. The highest BCUT2D eigenvalue weighted by molar-refractivity contribution is 7.66. The average molecular weight is 528 g/mol. The molecule has 1 aromatic rings. The third kappa shape index (κ3) is 3.92. The van der Waals surface area contributed by atoms with Crippen LogP contribution in [0.15, 0.2) is 34.5 Å². The van der Waals surface area contributed by atoms with Gasteiger partial charge >= 0.3 is 35.1 Å². The number of phosphoric ester groups is 1. The molecule has 16 nitrogen and oxygen atoms in total. The average Bonchev–Trinajstić information content (AvgIpc) is 3.00. The largest absolute Gasteiger partial charge is 0.490 e. The molecule has 2 aliphatic rings. The maximum Gasteiger partial charge on any atom is 0.490 e. The number of rotatable bonds is 8. The van der Waals surface area contributed by atoms with E-state index in [1.54, 1.807) is 4.98 Å². The Balaban J connectivity index is 1.90. The maximum absolute atomic E-state index is 15.0. The van der Waals surface area contributed by atoms with Gasteiger partial charge in [0.2, 0.25) is 6.23 Å². The number of halogens is 2. The quantitative estimate of drug-likeness (QED) is 0.177. The summed E-state index contributed by atoms with van der Waals surface area (Å²) in [5.41, 5.74) is -8.42. The summed E-state index contributed by atoms with van der Waals surface area (Å²) in [7, 11) is -17.6. The van der Waals surface area contributed by atoms with Gasteiger partial charge in [-0.3, -0.25) is 18.9 Å². The van der Waals surface area contributed by atoms with Gasteiger partial charge in [-0.05, 0) is 0 Å². The van der Waals surface area contributed by atoms with E-state index in [-0.39, 0.29) is 4.57 Å². The first-order valence-electron chi connectivity index (χ1n) is 7.87.